The van der Waals surface area contributed by atoms with E-state index >= 15 is 0 Å². The van der Waals surface area contributed by atoms with E-state index in [1.54, 1.807) is 12.1 Å². The van der Waals surface area contributed by atoms with Crippen LogP contribution in [0, 0.1) is 0 Å². The third kappa shape index (κ3) is 2.64. The minimum atomic E-state index is -0.263. The van der Waals surface area contributed by atoms with Crippen molar-refractivity contribution in [3.05, 3.63) is 89.4 Å². The van der Waals surface area contributed by atoms with Gasteiger partial charge in [-0.25, -0.2) is 4.98 Å². The monoisotopic (exact) mass is 384 g/mol. The maximum absolute atomic E-state index is 13.4. The van der Waals surface area contributed by atoms with Crippen molar-refractivity contribution in [2.75, 3.05) is 0 Å². The summed E-state index contributed by atoms with van der Waals surface area (Å²) in [5.41, 5.74) is 3.95. The van der Waals surface area contributed by atoms with Gasteiger partial charge in [0.05, 0.1) is 22.3 Å². The SMILES string of the molecule is O=C(c1cc(-c2ccccc2Cl)nc2ccccc12)n1nnc2ccccc21. The minimum Gasteiger partial charge on any atom is -0.267 e. The summed E-state index contributed by atoms with van der Waals surface area (Å²) in [6.07, 6.45) is 0. The Labute approximate surface area is 165 Å². The molecule has 0 saturated carbocycles. The number of nitrogens with zero attached hydrogens (tertiary/aromatic N) is 4. The third-order valence-corrected chi connectivity index (χ3v) is 4.97. The van der Waals surface area contributed by atoms with E-state index in [2.05, 4.69) is 10.3 Å². The van der Waals surface area contributed by atoms with Gasteiger partial charge in [-0.05, 0) is 30.3 Å². The van der Waals surface area contributed by atoms with Crippen molar-refractivity contribution in [3.8, 4) is 11.3 Å². The lowest BCUT2D eigenvalue weighted by Crippen LogP contribution is -2.14. The number of hydrogen-bond acceptors (Lipinski definition) is 4. The summed E-state index contributed by atoms with van der Waals surface area (Å²) in [4.78, 5) is 18.1. The number of para-hydroxylation sites is 2. The summed E-state index contributed by atoms with van der Waals surface area (Å²) < 4.78 is 1.33. The maximum Gasteiger partial charge on any atom is 0.280 e. The molecule has 5 rings (SSSR count). The molecule has 0 saturated heterocycles. The van der Waals surface area contributed by atoms with Gasteiger partial charge >= 0.3 is 0 Å². The Morgan fingerprint density at radius 3 is 2.43 bits per heavy atom. The number of aromatic nitrogens is 4. The molecule has 0 aliphatic rings. The fraction of sp³-hybridized carbons (Fsp3) is 0. The van der Waals surface area contributed by atoms with Gasteiger partial charge in [-0.3, -0.25) is 4.79 Å². The third-order valence-electron chi connectivity index (χ3n) is 4.64. The molecule has 0 amide bonds. The van der Waals surface area contributed by atoms with Crippen molar-refractivity contribution in [1.29, 1.82) is 0 Å². The number of benzene rings is 3. The first-order chi connectivity index (χ1) is 13.7. The van der Waals surface area contributed by atoms with Crippen LogP contribution in [0.25, 0.3) is 33.2 Å². The normalized spacial score (nSPS) is 11.2. The first kappa shape index (κ1) is 16.6. The standard InChI is InChI=1S/C22H13ClN4O/c23-17-9-3-1-8-15(17)20-13-16(14-7-2-4-10-18(14)24-20)22(28)27-21-12-6-5-11-19(21)25-26-27/h1-13H. The molecule has 6 heteroatoms. The first-order valence-electron chi connectivity index (χ1n) is 8.72. The van der Waals surface area contributed by atoms with Crippen LogP contribution in [0.1, 0.15) is 10.4 Å². The van der Waals surface area contributed by atoms with Crippen molar-refractivity contribution < 1.29 is 4.79 Å². The Morgan fingerprint density at radius 1 is 0.857 bits per heavy atom. The highest BCUT2D eigenvalue weighted by molar-refractivity contribution is 6.33. The highest BCUT2D eigenvalue weighted by Gasteiger charge is 2.19. The van der Waals surface area contributed by atoms with Crippen LogP contribution in [-0.4, -0.2) is 25.9 Å². The molecule has 0 aliphatic carbocycles. The van der Waals surface area contributed by atoms with Gasteiger partial charge in [0.2, 0.25) is 0 Å². The number of carbonyl (C=O) groups excluding carboxylic acids is 1. The zero-order valence-electron chi connectivity index (χ0n) is 14.6. The molecule has 134 valence electrons. The van der Waals surface area contributed by atoms with Gasteiger partial charge in [-0.1, -0.05) is 65.3 Å². The molecule has 5 nitrogen and oxygen atoms in total. The topological polar surface area (TPSA) is 60.7 Å². The Morgan fingerprint density at radius 2 is 1.57 bits per heavy atom. The van der Waals surface area contributed by atoms with Gasteiger partial charge in [-0.15, -0.1) is 5.10 Å². The van der Waals surface area contributed by atoms with Crippen LogP contribution >= 0.6 is 11.6 Å². The van der Waals surface area contributed by atoms with Gasteiger partial charge in [0.25, 0.3) is 5.91 Å². The molecule has 2 heterocycles. The minimum absolute atomic E-state index is 0.263. The maximum atomic E-state index is 13.4. The molecule has 0 atom stereocenters. The second-order valence-corrected chi connectivity index (χ2v) is 6.75. The highest BCUT2D eigenvalue weighted by atomic mass is 35.5. The Kier molecular flexibility index (Phi) is 3.88. The Bertz CT molecular complexity index is 1360. The van der Waals surface area contributed by atoms with E-state index in [9.17, 15) is 4.79 Å². The van der Waals surface area contributed by atoms with Crippen LogP contribution in [0.3, 0.4) is 0 Å². The Hall–Kier alpha value is -3.57. The quantitative estimate of drug-likeness (QED) is 0.430. The largest absolute Gasteiger partial charge is 0.280 e. The van der Waals surface area contributed by atoms with E-state index in [4.69, 9.17) is 16.6 Å². The van der Waals surface area contributed by atoms with Gasteiger partial charge < -0.3 is 0 Å². The molecule has 0 bridgehead atoms. The molecule has 0 spiro atoms. The van der Waals surface area contributed by atoms with E-state index in [1.165, 1.54) is 4.68 Å². The molecular formula is C22H13ClN4O. The highest BCUT2D eigenvalue weighted by Crippen LogP contribution is 2.30. The lowest BCUT2D eigenvalue weighted by molar-refractivity contribution is 0.0949. The van der Waals surface area contributed by atoms with Crippen molar-refractivity contribution in [2.45, 2.75) is 0 Å². The number of rotatable bonds is 2. The second-order valence-electron chi connectivity index (χ2n) is 6.35. The molecule has 0 aliphatic heterocycles. The van der Waals surface area contributed by atoms with Crippen molar-refractivity contribution in [3.63, 3.8) is 0 Å². The van der Waals surface area contributed by atoms with E-state index in [0.717, 1.165) is 10.9 Å². The average Bonchev–Trinajstić information content (AvgIpc) is 3.17. The van der Waals surface area contributed by atoms with Crippen molar-refractivity contribution >= 4 is 39.4 Å². The van der Waals surface area contributed by atoms with Crippen LogP contribution in [0.4, 0.5) is 0 Å². The van der Waals surface area contributed by atoms with Gasteiger partial charge in [0.15, 0.2) is 0 Å². The summed E-state index contributed by atoms with van der Waals surface area (Å²) in [7, 11) is 0. The molecule has 2 aromatic heterocycles. The molecule has 0 N–H and O–H groups in total. The molecule has 28 heavy (non-hydrogen) atoms. The van der Waals surface area contributed by atoms with Crippen LogP contribution in [0.2, 0.25) is 5.02 Å². The van der Waals surface area contributed by atoms with Crippen LogP contribution in [0.5, 0.6) is 0 Å². The molecule has 3 aromatic carbocycles. The molecular weight excluding hydrogens is 372 g/mol. The molecule has 0 radical (unpaired) electrons. The summed E-state index contributed by atoms with van der Waals surface area (Å²) in [5.74, 6) is -0.263. The van der Waals surface area contributed by atoms with Crippen LogP contribution < -0.4 is 0 Å². The Balaban J connectivity index is 1.76. The number of halogens is 1. The van der Waals surface area contributed by atoms with E-state index in [-0.39, 0.29) is 5.91 Å². The fourth-order valence-corrected chi connectivity index (χ4v) is 3.52. The van der Waals surface area contributed by atoms with Crippen molar-refractivity contribution in [2.24, 2.45) is 0 Å². The number of fused-ring (bicyclic) bond motifs is 2. The number of pyridine rings is 1. The van der Waals surface area contributed by atoms with Crippen LogP contribution in [0.15, 0.2) is 78.9 Å². The van der Waals surface area contributed by atoms with Crippen molar-refractivity contribution in [1.82, 2.24) is 20.0 Å². The van der Waals surface area contributed by atoms with Crippen LogP contribution in [-0.2, 0) is 0 Å². The summed E-state index contributed by atoms with van der Waals surface area (Å²) in [6.45, 7) is 0. The number of hydrogen-bond donors (Lipinski definition) is 0. The lowest BCUT2D eigenvalue weighted by atomic mass is 10.0. The molecule has 0 unspecified atom stereocenters. The zero-order chi connectivity index (χ0) is 19.1. The predicted molar refractivity (Wildman–Crippen MR) is 109 cm³/mol. The lowest BCUT2D eigenvalue weighted by Gasteiger charge is -2.10. The van der Waals surface area contributed by atoms with Gasteiger partial charge in [-0.2, -0.15) is 4.68 Å². The smallest absolute Gasteiger partial charge is 0.267 e. The van der Waals surface area contributed by atoms with E-state index in [0.29, 0.717) is 32.8 Å². The molecule has 5 aromatic rings. The number of carbonyl (C=O) groups is 1. The zero-order valence-corrected chi connectivity index (χ0v) is 15.3. The second kappa shape index (κ2) is 6.55. The van der Waals surface area contributed by atoms with E-state index < -0.39 is 0 Å². The van der Waals surface area contributed by atoms with E-state index in [1.807, 2.05) is 66.7 Å². The summed E-state index contributed by atoms with van der Waals surface area (Å²) in [6, 6.07) is 24.1. The van der Waals surface area contributed by atoms with Gasteiger partial charge in [0, 0.05) is 16.0 Å². The fourth-order valence-electron chi connectivity index (χ4n) is 3.29. The van der Waals surface area contributed by atoms with Gasteiger partial charge in [0.1, 0.15) is 5.52 Å². The molecule has 0 fully saturated rings. The summed E-state index contributed by atoms with van der Waals surface area (Å²) in [5, 5.41) is 9.50. The average molecular weight is 385 g/mol. The predicted octanol–water partition coefficient (Wildman–Crippen LogP) is 4.99. The summed E-state index contributed by atoms with van der Waals surface area (Å²) >= 11 is 6.37. The first-order valence-corrected chi connectivity index (χ1v) is 9.10.